The summed E-state index contributed by atoms with van der Waals surface area (Å²) in [6.45, 7) is 2.26. The molecule has 0 fully saturated rings. The number of nitrogens with zero attached hydrogens (tertiary/aromatic N) is 1. The zero-order chi connectivity index (χ0) is 13.1. The second-order valence-electron chi connectivity index (χ2n) is 5.22. The van der Waals surface area contributed by atoms with Gasteiger partial charge in [0.2, 0.25) is 0 Å². The first-order valence-electron chi connectivity index (χ1n) is 7.61. The van der Waals surface area contributed by atoms with Gasteiger partial charge in [0, 0.05) is 6.21 Å². The maximum atomic E-state index is 10.5. The van der Waals surface area contributed by atoms with E-state index in [1.54, 1.807) is 0 Å². The van der Waals surface area contributed by atoms with Crippen molar-refractivity contribution in [3.05, 3.63) is 11.3 Å². The van der Waals surface area contributed by atoms with E-state index in [0.29, 0.717) is 5.70 Å². The molecular formula is C16H27NO. The van der Waals surface area contributed by atoms with Crippen LogP contribution in [-0.2, 0) is 4.79 Å². The third-order valence-electron chi connectivity index (χ3n) is 3.60. The van der Waals surface area contributed by atoms with E-state index in [1.165, 1.54) is 64.2 Å². The quantitative estimate of drug-likeness (QED) is 0.359. The number of rotatable bonds is 12. The van der Waals surface area contributed by atoms with Gasteiger partial charge in [-0.2, -0.15) is 0 Å². The van der Waals surface area contributed by atoms with Crippen LogP contribution in [0.2, 0.25) is 0 Å². The van der Waals surface area contributed by atoms with Gasteiger partial charge in [0.15, 0.2) is 6.29 Å². The normalized spacial score (nSPS) is 13.8. The number of unbranched alkanes of at least 4 members (excludes halogenated alkanes) is 9. The average Bonchev–Trinajstić information content (AvgIpc) is 2.35. The first-order chi connectivity index (χ1) is 8.88. The van der Waals surface area contributed by atoms with E-state index in [9.17, 15) is 4.79 Å². The van der Waals surface area contributed by atoms with Crippen molar-refractivity contribution >= 4 is 12.5 Å². The van der Waals surface area contributed by atoms with E-state index < -0.39 is 0 Å². The van der Waals surface area contributed by atoms with Gasteiger partial charge in [-0.15, -0.1) is 0 Å². The largest absolute Gasteiger partial charge is 0.296 e. The Hall–Kier alpha value is -0.920. The highest BCUT2D eigenvalue weighted by Gasteiger charge is 2.09. The van der Waals surface area contributed by atoms with E-state index >= 15 is 0 Å². The highest BCUT2D eigenvalue weighted by molar-refractivity contribution is 5.97. The number of carbonyl (C=O) groups is 1. The predicted octanol–water partition coefficient (Wildman–Crippen LogP) is 4.83. The van der Waals surface area contributed by atoms with Crippen LogP contribution in [0.4, 0.5) is 0 Å². The number of aldehydes is 1. The topological polar surface area (TPSA) is 29.4 Å². The minimum absolute atomic E-state index is 0.672. The average molecular weight is 249 g/mol. The van der Waals surface area contributed by atoms with Crippen LogP contribution in [0.15, 0.2) is 16.3 Å². The molecule has 0 bridgehead atoms. The fraction of sp³-hybridized carbons (Fsp3) is 0.750. The summed E-state index contributed by atoms with van der Waals surface area (Å²) in [4.78, 5) is 14.4. The Labute approximate surface area is 112 Å². The van der Waals surface area contributed by atoms with E-state index in [2.05, 4.69) is 11.9 Å². The van der Waals surface area contributed by atoms with Crippen molar-refractivity contribution in [3.63, 3.8) is 0 Å². The van der Waals surface area contributed by atoms with E-state index in [0.717, 1.165) is 18.3 Å². The van der Waals surface area contributed by atoms with Gasteiger partial charge in [0.05, 0.1) is 0 Å². The van der Waals surface area contributed by atoms with Crippen molar-refractivity contribution in [2.24, 2.45) is 4.99 Å². The van der Waals surface area contributed by atoms with Crippen LogP contribution in [-0.4, -0.2) is 12.5 Å². The van der Waals surface area contributed by atoms with Gasteiger partial charge in [0.1, 0.15) is 5.70 Å². The molecule has 0 atom stereocenters. The maximum Gasteiger partial charge on any atom is 0.168 e. The zero-order valence-corrected chi connectivity index (χ0v) is 11.8. The number of carbonyl (C=O) groups excluding carboxylic acids is 1. The number of allylic oxidation sites excluding steroid dienone is 2. The van der Waals surface area contributed by atoms with Gasteiger partial charge in [-0.05, 0) is 18.4 Å². The molecule has 18 heavy (non-hydrogen) atoms. The fourth-order valence-electron chi connectivity index (χ4n) is 2.33. The number of hydrogen-bond donors (Lipinski definition) is 0. The lowest BCUT2D eigenvalue weighted by Gasteiger charge is -2.10. The third-order valence-corrected chi connectivity index (χ3v) is 3.60. The first-order valence-corrected chi connectivity index (χ1v) is 7.61. The highest BCUT2D eigenvalue weighted by Crippen LogP contribution is 2.19. The molecule has 0 aliphatic carbocycles. The van der Waals surface area contributed by atoms with Crippen molar-refractivity contribution in [1.29, 1.82) is 0 Å². The summed E-state index contributed by atoms with van der Waals surface area (Å²) in [7, 11) is 0. The third kappa shape index (κ3) is 6.13. The van der Waals surface area contributed by atoms with Crippen molar-refractivity contribution in [1.82, 2.24) is 0 Å². The summed E-state index contributed by atoms with van der Waals surface area (Å²) in [5, 5.41) is 0. The molecule has 0 saturated carbocycles. The molecule has 0 aromatic rings. The molecule has 1 aliphatic rings. The second kappa shape index (κ2) is 10.0. The molecule has 0 amide bonds. The summed E-state index contributed by atoms with van der Waals surface area (Å²) < 4.78 is 0. The minimum atomic E-state index is 0.672. The van der Waals surface area contributed by atoms with Gasteiger partial charge in [-0.25, -0.2) is 0 Å². The summed E-state index contributed by atoms with van der Waals surface area (Å²) in [6.07, 6.45) is 17.3. The SMILES string of the molecule is CCCCCCCCCCCCC1=C(C=O)N=C1. The summed E-state index contributed by atoms with van der Waals surface area (Å²) >= 11 is 0. The summed E-state index contributed by atoms with van der Waals surface area (Å²) in [5.74, 6) is 0. The Morgan fingerprint density at radius 2 is 1.50 bits per heavy atom. The first kappa shape index (κ1) is 15.1. The van der Waals surface area contributed by atoms with Crippen LogP contribution in [0.1, 0.15) is 77.6 Å². The molecule has 0 N–H and O–H groups in total. The lowest BCUT2D eigenvalue weighted by atomic mass is 10.0. The molecule has 0 aromatic carbocycles. The molecule has 0 saturated heterocycles. The van der Waals surface area contributed by atoms with Gasteiger partial charge in [-0.1, -0.05) is 64.7 Å². The van der Waals surface area contributed by atoms with E-state index in [-0.39, 0.29) is 0 Å². The molecule has 2 nitrogen and oxygen atoms in total. The monoisotopic (exact) mass is 249 g/mol. The molecule has 1 aliphatic heterocycles. The zero-order valence-electron chi connectivity index (χ0n) is 11.8. The van der Waals surface area contributed by atoms with Crippen LogP contribution < -0.4 is 0 Å². The second-order valence-corrected chi connectivity index (χ2v) is 5.22. The van der Waals surface area contributed by atoms with Crippen molar-refractivity contribution in [3.8, 4) is 0 Å². The highest BCUT2D eigenvalue weighted by atomic mass is 16.1. The number of hydrogen-bond acceptors (Lipinski definition) is 2. The molecular weight excluding hydrogens is 222 g/mol. The maximum absolute atomic E-state index is 10.5. The Balaban J connectivity index is 1.81. The molecule has 0 unspecified atom stereocenters. The molecule has 0 radical (unpaired) electrons. The smallest absolute Gasteiger partial charge is 0.168 e. The van der Waals surface area contributed by atoms with Crippen molar-refractivity contribution in [2.45, 2.75) is 77.6 Å². The van der Waals surface area contributed by atoms with Crippen LogP contribution in [0, 0.1) is 0 Å². The predicted molar refractivity (Wildman–Crippen MR) is 78.0 cm³/mol. The van der Waals surface area contributed by atoms with Gasteiger partial charge in [-0.3, -0.25) is 9.79 Å². The lowest BCUT2D eigenvalue weighted by Crippen LogP contribution is -2.02. The van der Waals surface area contributed by atoms with Gasteiger partial charge < -0.3 is 0 Å². The Bertz CT molecular complexity index is 287. The van der Waals surface area contributed by atoms with E-state index in [1.807, 2.05) is 6.21 Å². The Morgan fingerprint density at radius 1 is 0.944 bits per heavy atom. The Morgan fingerprint density at radius 3 is 1.94 bits per heavy atom. The molecule has 0 aromatic heterocycles. The summed E-state index contributed by atoms with van der Waals surface area (Å²) in [5.41, 5.74) is 1.83. The van der Waals surface area contributed by atoms with Crippen molar-refractivity contribution < 1.29 is 4.79 Å². The standard InChI is InChI=1S/C16H27NO/c1-2-3-4-5-6-7-8-9-10-11-12-15-13-17-16(15)14-18/h13-14H,2-12H2,1H3. The van der Waals surface area contributed by atoms with Gasteiger partial charge >= 0.3 is 0 Å². The van der Waals surface area contributed by atoms with Crippen LogP contribution >= 0.6 is 0 Å². The van der Waals surface area contributed by atoms with Gasteiger partial charge in [0.25, 0.3) is 0 Å². The van der Waals surface area contributed by atoms with Crippen LogP contribution in [0.5, 0.6) is 0 Å². The number of aliphatic imine (C=N–C) groups is 1. The molecule has 2 heteroatoms. The van der Waals surface area contributed by atoms with Crippen LogP contribution in [0.3, 0.4) is 0 Å². The Kier molecular flexibility index (Phi) is 8.45. The molecule has 1 rings (SSSR count). The van der Waals surface area contributed by atoms with Crippen LogP contribution in [0.25, 0.3) is 0 Å². The fourth-order valence-corrected chi connectivity index (χ4v) is 2.33. The molecule has 1 heterocycles. The minimum Gasteiger partial charge on any atom is -0.296 e. The molecule has 102 valence electrons. The van der Waals surface area contributed by atoms with E-state index in [4.69, 9.17) is 0 Å². The lowest BCUT2D eigenvalue weighted by molar-refractivity contribution is -0.105. The molecule has 0 spiro atoms. The van der Waals surface area contributed by atoms with Crippen molar-refractivity contribution in [2.75, 3.05) is 0 Å². The summed E-state index contributed by atoms with van der Waals surface area (Å²) in [6, 6.07) is 0.